The number of furan rings is 1. The number of carbonyl (C=O) groups excluding carboxylic acids is 1. The quantitative estimate of drug-likeness (QED) is 0.196. The Morgan fingerprint density at radius 1 is 1.09 bits per heavy atom. The molecule has 0 saturated heterocycles. The number of imidazole rings is 1. The molecule has 1 amide bonds. The van der Waals surface area contributed by atoms with E-state index in [-0.39, 0.29) is 11.6 Å². The van der Waals surface area contributed by atoms with Crippen LogP contribution in [-0.2, 0) is 4.79 Å². The number of anilines is 2. The predicted molar refractivity (Wildman–Crippen MR) is 135 cm³/mol. The van der Waals surface area contributed by atoms with Gasteiger partial charge in [-0.05, 0) is 36.2 Å². The van der Waals surface area contributed by atoms with E-state index in [2.05, 4.69) is 25.3 Å². The van der Waals surface area contributed by atoms with Gasteiger partial charge < -0.3 is 20.5 Å². The van der Waals surface area contributed by atoms with Crippen LogP contribution in [0.4, 0.5) is 11.4 Å². The van der Waals surface area contributed by atoms with Crippen molar-refractivity contribution in [2.24, 2.45) is 0 Å². The van der Waals surface area contributed by atoms with Gasteiger partial charge in [0.15, 0.2) is 5.82 Å². The summed E-state index contributed by atoms with van der Waals surface area (Å²) in [6, 6.07) is 9.13. The van der Waals surface area contributed by atoms with E-state index in [9.17, 15) is 4.79 Å². The molecule has 0 radical (unpaired) electrons. The monoisotopic (exact) mass is 465 g/mol. The lowest BCUT2D eigenvalue weighted by Crippen LogP contribution is -2.10. The van der Waals surface area contributed by atoms with E-state index < -0.39 is 0 Å². The van der Waals surface area contributed by atoms with Gasteiger partial charge in [0.25, 0.3) is 0 Å². The van der Waals surface area contributed by atoms with Crippen molar-refractivity contribution in [3.8, 4) is 22.3 Å². The number of nitrogens with zero attached hydrogens (tertiary/aromatic N) is 3. The zero-order valence-electron chi connectivity index (χ0n) is 19.0. The average molecular weight is 466 g/mol. The summed E-state index contributed by atoms with van der Waals surface area (Å²) in [5.41, 5.74) is 12.7. The highest BCUT2D eigenvalue weighted by Gasteiger charge is 2.17. The first-order valence-corrected chi connectivity index (χ1v) is 11.1. The number of aromatic nitrogens is 4. The number of nitrogen functional groups attached to an aromatic ring is 1. The minimum Gasteiger partial charge on any atom is -0.472 e. The number of hydrogen-bond acceptors (Lipinski definition) is 7. The number of nitrogens with one attached hydrogen (secondary N) is 3. The first-order chi connectivity index (χ1) is 17.0. The Morgan fingerprint density at radius 2 is 1.94 bits per heavy atom. The van der Waals surface area contributed by atoms with Crippen LogP contribution in [0.2, 0.25) is 0 Å². The van der Waals surface area contributed by atoms with Crippen LogP contribution >= 0.6 is 0 Å². The molecule has 0 spiro atoms. The second-order valence-corrected chi connectivity index (χ2v) is 8.12. The van der Waals surface area contributed by atoms with E-state index in [1.54, 1.807) is 43.4 Å². The number of hydrogen-bond donors (Lipinski definition) is 4. The zero-order chi connectivity index (χ0) is 24.4. The molecule has 0 saturated carbocycles. The van der Waals surface area contributed by atoms with Crippen molar-refractivity contribution in [2.45, 2.75) is 19.8 Å². The van der Waals surface area contributed by atoms with Crippen LogP contribution in [0.5, 0.6) is 0 Å². The average Bonchev–Trinajstić information content (AvgIpc) is 3.54. The molecule has 0 aliphatic heterocycles. The van der Waals surface area contributed by atoms with E-state index in [4.69, 9.17) is 15.6 Å². The molecule has 35 heavy (non-hydrogen) atoms. The van der Waals surface area contributed by atoms with Crippen LogP contribution in [0, 0.1) is 5.41 Å². The molecule has 0 atom stereocenters. The maximum Gasteiger partial charge on any atom is 0.224 e. The lowest BCUT2D eigenvalue weighted by molar-refractivity contribution is -0.116. The topological polar surface area (TPSA) is 147 Å². The molecule has 174 valence electrons. The Morgan fingerprint density at radius 3 is 2.74 bits per heavy atom. The summed E-state index contributed by atoms with van der Waals surface area (Å²) in [6.07, 6.45) is 11.1. The fourth-order valence-corrected chi connectivity index (χ4v) is 3.88. The largest absolute Gasteiger partial charge is 0.472 e. The Balaban J connectivity index is 1.49. The van der Waals surface area contributed by atoms with E-state index in [1.807, 2.05) is 31.2 Å². The third-order valence-electron chi connectivity index (χ3n) is 5.62. The lowest BCUT2D eigenvalue weighted by Gasteiger charge is -2.10. The molecule has 5 rings (SSSR count). The molecule has 0 aliphatic carbocycles. The molecular weight excluding hydrogens is 442 g/mol. The van der Waals surface area contributed by atoms with Crippen molar-refractivity contribution >= 4 is 34.0 Å². The van der Waals surface area contributed by atoms with Gasteiger partial charge in [0, 0.05) is 46.8 Å². The number of H-pyrrole nitrogens is 1. The van der Waals surface area contributed by atoms with Crippen LogP contribution in [0.25, 0.3) is 33.3 Å². The maximum absolute atomic E-state index is 12.0. The van der Waals surface area contributed by atoms with Crippen LogP contribution in [0.1, 0.15) is 31.2 Å². The van der Waals surface area contributed by atoms with Crippen molar-refractivity contribution in [1.82, 2.24) is 19.9 Å². The Hall–Kier alpha value is -4.79. The number of fused-ring (bicyclic) bond motifs is 1. The first-order valence-electron chi connectivity index (χ1n) is 11.1. The van der Waals surface area contributed by atoms with Crippen molar-refractivity contribution in [2.75, 3.05) is 11.1 Å². The molecule has 5 N–H and O–H groups in total. The van der Waals surface area contributed by atoms with Gasteiger partial charge in [-0.1, -0.05) is 13.0 Å². The highest BCUT2D eigenvalue weighted by molar-refractivity contribution is 6.13. The third-order valence-corrected chi connectivity index (χ3v) is 5.62. The van der Waals surface area contributed by atoms with Crippen molar-refractivity contribution < 1.29 is 9.21 Å². The van der Waals surface area contributed by atoms with Gasteiger partial charge in [-0.2, -0.15) is 0 Å². The molecule has 0 aliphatic rings. The summed E-state index contributed by atoms with van der Waals surface area (Å²) in [5, 5.41) is 11.7. The fraction of sp³-hybridized carbons (Fsp3) is 0.115. The second kappa shape index (κ2) is 9.22. The molecule has 1 aromatic carbocycles. The number of rotatable bonds is 7. The summed E-state index contributed by atoms with van der Waals surface area (Å²) < 4.78 is 5.20. The van der Waals surface area contributed by atoms with Gasteiger partial charge in [-0.15, -0.1) is 0 Å². The van der Waals surface area contributed by atoms with E-state index >= 15 is 0 Å². The molecule has 4 heterocycles. The van der Waals surface area contributed by atoms with E-state index in [0.717, 1.165) is 28.7 Å². The second-order valence-electron chi connectivity index (χ2n) is 8.12. The normalized spacial score (nSPS) is 11.0. The highest BCUT2D eigenvalue weighted by Crippen LogP contribution is 2.29. The zero-order valence-corrected chi connectivity index (χ0v) is 19.0. The first kappa shape index (κ1) is 22.0. The summed E-state index contributed by atoms with van der Waals surface area (Å²) in [6.45, 7) is 1.95. The van der Waals surface area contributed by atoms with Gasteiger partial charge in [0.2, 0.25) is 5.91 Å². The number of aromatic amines is 1. The summed E-state index contributed by atoms with van der Waals surface area (Å²) >= 11 is 0. The minimum absolute atomic E-state index is 0.0552. The molecule has 9 nitrogen and oxygen atoms in total. The van der Waals surface area contributed by atoms with Crippen LogP contribution in [-0.4, -0.2) is 31.6 Å². The number of pyridine rings is 2. The summed E-state index contributed by atoms with van der Waals surface area (Å²) in [7, 11) is 0. The van der Waals surface area contributed by atoms with Gasteiger partial charge in [0.05, 0.1) is 36.1 Å². The van der Waals surface area contributed by atoms with Crippen LogP contribution < -0.4 is 11.1 Å². The number of nitrogens with two attached hydrogens (primary N) is 1. The van der Waals surface area contributed by atoms with Gasteiger partial charge in [0.1, 0.15) is 11.2 Å². The van der Waals surface area contributed by atoms with Gasteiger partial charge in [-0.25, -0.2) is 4.98 Å². The summed E-state index contributed by atoms with van der Waals surface area (Å²) in [4.78, 5) is 28.4. The summed E-state index contributed by atoms with van der Waals surface area (Å²) in [5.74, 6) is 0.320. The SMILES string of the molecule is CCCC(=O)Nc1cncc(-c2ccc(N)c(C(=N)c3nc4c(-c5ccoc5)cncc4[nH]3)c2)c1. The Kier molecular flexibility index (Phi) is 5.80. The molecule has 4 aromatic heterocycles. The van der Waals surface area contributed by atoms with Gasteiger partial charge in [-0.3, -0.25) is 20.2 Å². The maximum atomic E-state index is 12.0. The Labute approximate surface area is 201 Å². The third kappa shape index (κ3) is 4.39. The smallest absolute Gasteiger partial charge is 0.224 e. The lowest BCUT2D eigenvalue weighted by atomic mass is 10.00. The highest BCUT2D eigenvalue weighted by atomic mass is 16.3. The number of amides is 1. The predicted octanol–water partition coefficient (Wildman–Crippen LogP) is 5.02. The van der Waals surface area contributed by atoms with Crippen LogP contribution in [0.3, 0.4) is 0 Å². The standard InChI is InChI=1S/C26H23N7O2/c1-2-3-23(34)31-18-8-17(10-29-11-18)15-4-5-21(27)19(9-15)24(28)26-32-22-13-30-12-20(25(22)33-26)16-6-7-35-14-16/h4-14,28H,2-3,27H2,1H3,(H,31,34)(H,32,33). The minimum atomic E-state index is -0.0552. The molecule has 9 heteroatoms. The van der Waals surface area contributed by atoms with Gasteiger partial charge >= 0.3 is 0 Å². The molecule has 0 fully saturated rings. The number of benzene rings is 1. The van der Waals surface area contributed by atoms with Crippen molar-refractivity contribution in [3.63, 3.8) is 0 Å². The Bertz CT molecular complexity index is 1540. The number of carbonyl (C=O) groups is 1. The fourth-order valence-electron chi connectivity index (χ4n) is 3.88. The van der Waals surface area contributed by atoms with E-state index in [0.29, 0.717) is 40.2 Å². The van der Waals surface area contributed by atoms with Crippen molar-refractivity contribution in [1.29, 1.82) is 5.41 Å². The van der Waals surface area contributed by atoms with E-state index in [1.165, 1.54) is 0 Å². The molecular formula is C26H23N7O2. The van der Waals surface area contributed by atoms with Crippen molar-refractivity contribution in [3.05, 3.63) is 79.0 Å². The molecule has 0 bridgehead atoms. The molecule has 0 unspecified atom stereocenters. The molecule has 5 aromatic rings. The van der Waals surface area contributed by atoms with Crippen LogP contribution in [0.15, 0.2) is 72.1 Å².